The van der Waals surface area contributed by atoms with E-state index < -0.39 is 0 Å². The molecule has 158 valence electrons. The minimum atomic E-state index is -0.168. The highest BCUT2D eigenvalue weighted by Crippen LogP contribution is 2.19. The van der Waals surface area contributed by atoms with Gasteiger partial charge in [-0.1, -0.05) is 23.4 Å². The van der Waals surface area contributed by atoms with Crippen molar-refractivity contribution in [2.45, 2.75) is 27.0 Å². The number of amides is 1. The molecule has 0 aliphatic heterocycles. The highest BCUT2D eigenvalue weighted by Gasteiger charge is 2.11. The molecule has 1 aromatic heterocycles. The van der Waals surface area contributed by atoms with Crippen LogP contribution in [0.15, 0.2) is 53.1 Å². The molecule has 0 radical (unpaired) electrons. The van der Waals surface area contributed by atoms with E-state index in [1.165, 1.54) is 0 Å². The molecule has 7 heteroatoms. The normalized spacial score (nSPS) is 10.6. The van der Waals surface area contributed by atoms with Crippen LogP contribution < -0.4 is 14.8 Å². The molecule has 3 aromatic rings. The van der Waals surface area contributed by atoms with E-state index in [9.17, 15) is 4.79 Å². The fourth-order valence-electron chi connectivity index (χ4n) is 2.82. The maximum Gasteiger partial charge on any atom is 0.251 e. The van der Waals surface area contributed by atoms with Crippen molar-refractivity contribution in [3.63, 3.8) is 0 Å². The van der Waals surface area contributed by atoms with Crippen LogP contribution >= 0.6 is 0 Å². The molecule has 0 fully saturated rings. The Hall–Kier alpha value is -3.32. The van der Waals surface area contributed by atoms with Gasteiger partial charge in [-0.05, 0) is 49.7 Å². The molecule has 0 bridgehead atoms. The van der Waals surface area contributed by atoms with Gasteiger partial charge in [0.2, 0.25) is 0 Å². The Morgan fingerprint density at radius 3 is 2.53 bits per heavy atom. The first kappa shape index (κ1) is 21.4. The zero-order chi connectivity index (χ0) is 21.3. The van der Waals surface area contributed by atoms with E-state index in [-0.39, 0.29) is 5.91 Å². The van der Waals surface area contributed by atoms with Crippen molar-refractivity contribution in [3.05, 3.63) is 76.7 Å². The van der Waals surface area contributed by atoms with Crippen LogP contribution in [0.3, 0.4) is 0 Å². The first-order valence-corrected chi connectivity index (χ1v) is 9.70. The number of aromatic nitrogens is 1. The summed E-state index contributed by atoms with van der Waals surface area (Å²) in [6, 6.07) is 14.7. The van der Waals surface area contributed by atoms with Crippen LogP contribution in [0.5, 0.6) is 11.5 Å². The van der Waals surface area contributed by atoms with Gasteiger partial charge in [-0.2, -0.15) is 0 Å². The van der Waals surface area contributed by atoms with Gasteiger partial charge >= 0.3 is 0 Å². The van der Waals surface area contributed by atoms with Gasteiger partial charge in [0.05, 0.1) is 17.9 Å². The Balaban J connectivity index is 1.52. The zero-order valence-electron chi connectivity index (χ0n) is 17.4. The highest BCUT2D eigenvalue weighted by atomic mass is 16.5. The van der Waals surface area contributed by atoms with Crippen LogP contribution in [0.25, 0.3) is 0 Å². The Labute approximate surface area is 175 Å². The van der Waals surface area contributed by atoms with Crippen molar-refractivity contribution in [3.8, 4) is 11.5 Å². The van der Waals surface area contributed by atoms with Gasteiger partial charge in [-0.15, -0.1) is 0 Å². The summed E-state index contributed by atoms with van der Waals surface area (Å²) in [5.41, 5.74) is 3.23. The lowest BCUT2D eigenvalue weighted by molar-refractivity contribution is 0.0950. The molecule has 0 spiro atoms. The molecular weight excluding hydrogens is 384 g/mol. The van der Waals surface area contributed by atoms with Crippen LogP contribution in [0, 0.1) is 13.8 Å². The summed E-state index contributed by atoms with van der Waals surface area (Å²) in [4.78, 5) is 12.5. The fraction of sp³-hybridized carbons (Fsp3) is 0.304. The van der Waals surface area contributed by atoms with Crippen molar-refractivity contribution >= 4 is 5.91 Å². The van der Waals surface area contributed by atoms with Crippen LogP contribution in [-0.2, 0) is 17.9 Å². The van der Waals surface area contributed by atoms with Crippen molar-refractivity contribution in [1.82, 2.24) is 10.5 Å². The van der Waals surface area contributed by atoms with E-state index in [0.717, 1.165) is 28.3 Å². The van der Waals surface area contributed by atoms with Crippen LogP contribution in [0.2, 0.25) is 0 Å². The van der Waals surface area contributed by atoms with Gasteiger partial charge in [0.15, 0.2) is 0 Å². The molecule has 0 saturated heterocycles. The molecule has 0 aliphatic rings. The van der Waals surface area contributed by atoms with Gasteiger partial charge in [0.1, 0.15) is 30.5 Å². The van der Waals surface area contributed by atoms with Crippen molar-refractivity contribution < 1.29 is 23.5 Å². The van der Waals surface area contributed by atoms with Crippen molar-refractivity contribution in [2.24, 2.45) is 0 Å². The summed E-state index contributed by atoms with van der Waals surface area (Å²) >= 11 is 0. The molecule has 1 N–H and O–H groups in total. The van der Waals surface area contributed by atoms with E-state index >= 15 is 0 Å². The molecule has 1 amide bonds. The second kappa shape index (κ2) is 10.5. The van der Waals surface area contributed by atoms with Crippen molar-refractivity contribution in [1.29, 1.82) is 0 Å². The Kier molecular flexibility index (Phi) is 7.45. The minimum absolute atomic E-state index is 0.168. The Morgan fingerprint density at radius 2 is 1.83 bits per heavy atom. The summed E-state index contributed by atoms with van der Waals surface area (Å²) in [6.07, 6.45) is 0. The lowest BCUT2D eigenvalue weighted by Gasteiger charge is -2.10. The number of aryl methyl sites for hydroxylation is 2. The first-order valence-electron chi connectivity index (χ1n) is 9.70. The fourth-order valence-corrected chi connectivity index (χ4v) is 2.82. The molecule has 1 heterocycles. The summed E-state index contributed by atoms with van der Waals surface area (Å²) < 4.78 is 21.5. The summed E-state index contributed by atoms with van der Waals surface area (Å²) in [6.45, 7) is 5.52. The summed E-state index contributed by atoms with van der Waals surface area (Å²) in [7, 11) is 1.63. The lowest BCUT2D eigenvalue weighted by Crippen LogP contribution is -2.22. The maximum absolute atomic E-state index is 12.5. The number of hydrogen-bond donors (Lipinski definition) is 1. The number of carbonyl (C=O) groups is 1. The average molecular weight is 410 g/mol. The van der Waals surface area contributed by atoms with Gasteiger partial charge in [0, 0.05) is 19.2 Å². The van der Waals surface area contributed by atoms with E-state index in [4.69, 9.17) is 18.7 Å². The molecule has 2 aromatic carbocycles. The number of carbonyl (C=O) groups excluding carboxylic acids is 1. The second-order valence-corrected chi connectivity index (χ2v) is 6.79. The number of benzene rings is 2. The van der Waals surface area contributed by atoms with Gasteiger partial charge in [-0.25, -0.2) is 0 Å². The molecule has 30 heavy (non-hydrogen) atoms. The third-order valence-corrected chi connectivity index (χ3v) is 4.59. The highest BCUT2D eigenvalue weighted by molar-refractivity contribution is 5.94. The predicted molar refractivity (Wildman–Crippen MR) is 112 cm³/mol. The SMILES string of the molecule is COCCOc1ccc(CNC(=O)c2cccc(OCc3c(C)noc3C)c2)cc1. The lowest BCUT2D eigenvalue weighted by atomic mass is 10.1. The van der Waals surface area contributed by atoms with E-state index in [1.807, 2.05) is 44.2 Å². The van der Waals surface area contributed by atoms with Gasteiger partial charge < -0.3 is 24.1 Å². The first-order chi connectivity index (χ1) is 14.6. The number of nitrogens with zero attached hydrogens (tertiary/aromatic N) is 1. The Bertz CT molecular complexity index is 946. The number of ether oxygens (including phenoxy) is 3. The van der Waals surface area contributed by atoms with E-state index in [1.54, 1.807) is 25.3 Å². The number of nitrogens with one attached hydrogen (secondary N) is 1. The molecule has 0 unspecified atom stereocenters. The zero-order valence-corrected chi connectivity index (χ0v) is 17.4. The van der Waals surface area contributed by atoms with Crippen LogP contribution in [-0.4, -0.2) is 31.4 Å². The molecule has 0 atom stereocenters. The summed E-state index contributed by atoms with van der Waals surface area (Å²) in [5, 5.41) is 6.84. The van der Waals surface area contributed by atoms with E-state index in [0.29, 0.717) is 37.7 Å². The molecule has 0 saturated carbocycles. The largest absolute Gasteiger partial charge is 0.491 e. The number of methoxy groups -OCH3 is 1. The Morgan fingerprint density at radius 1 is 1.03 bits per heavy atom. The average Bonchev–Trinajstić information content (AvgIpc) is 3.09. The van der Waals surface area contributed by atoms with Crippen molar-refractivity contribution in [2.75, 3.05) is 20.3 Å². The second-order valence-electron chi connectivity index (χ2n) is 6.79. The molecular formula is C23H26N2O5. The number of rotatable bonds is 10. The maximum atomic E-state index is 12.5. The third kappa shape index (κ3) is 5.84. The van der Waals surface area contributed by atoms with Gasteiger partial charge in [0.25, 0.3) is 5.91 Å². The summed E-state index contributed by atoms with van der Waals surface area (Å²) in [5.74, 6) is 1.94. The quantitative estimate of drug-likeness (QED) is 0.512. The molecule has 0 aliphatic carbocycles. The van der Waals surface area contributed by atoms with Crippen LogP contribution in [0.1, 0.15) is 32.9 Å². The monoisotopic (exact) mass is 410 g/mol. The molecule has 3 rings (SSSR count). The van der Waals surface area contributed by atoms with Crippen LogP contribution in [0.4, 0.5) is 0 Å². The standard InChI is InChI=1S/C23H26N2O5/c1-16-22(17(2)30-25-16)15-29-21-6-4-5-19(13-21)23(26)24-14-18-7-9-20(10-8-18)28-12-11-27-3/h4-10,13H,11-12,14-15H2,1-3H3,(H,24,26). The molecule has 7 nitrogen and oxygen atoms in total. The van der Waals surface area contributed by atoms with Gasteiger partial charge in [-0.3, -0.25) is 4.79 Å². The topological polar surface area (TPSA) is 82.8 Å². The smallest absolute Gasteiger partial charge is 0.251 e. The number of hydrogen-bond acceptors (Lipinski definition) is 6. The minimum Gasteiger partial charge on any atom is -0.491 e. The van der Waals surface area contributed by atoms with E-state index in [2.05, 4.69) is 10.5 Å². The third-order valence-electron chi connectivity index (χ3n) is 4.59. The predicted octanol–water partition coefficient (Wildman–Crippen LogP) is 3.83.